The third-order valence-corrected chi connectivity index (χ3v) is 2.78. The summed E-state index contributed by atoms with van der Waals surface area (Å²) in [5, 5.41) is 3.51. The Balaban J connectivity index is 2.16. The van der Waals surface area contributed by atoms with Crippen molar-refractivity contribution in [1.82, 2.24) is 5.32 Å². The van der Waals surface area contributed by atoms with Gasteiger partial charge in [-0.2, -0.15) is 0 Å². The molecule has 0 aromatic heterocycles. The lowest BCUT2D eigenvalue weighted by Gasteiger charge is -2.26. The molecular formula is C9H16N2. The van der Waals surface area contributed by atoms with Crippen molar-refractivity contribution < 1.29 is 0 Å². The van der Waals surface area contributed by atoms with Crippen LogP contribution in [0.4, 0.5) is 0 Å². The summed E-state index contributed by atoms with van der Waals surface area (Å²) in [4.78, 5) is 4.65. The van der Waals surface area contributed by atoms with E-state index in [-0.39, 0.29) is 0 Å². The van der Waals surface area contributed by atoms with Crippen LogP contribution >= 0.6 is 0 Å². The molecule has 0 aliphatic carbocycles. The maximum Gasteiger partial charge on any atom is 0.0490 e. The van der Waals surface area contributed by atoms with Crippen molar-refractivity contribution in [2.75, 3.05) is 6.54 Å². The van der Waals surface area contributed by atoms with Crippen LogP contribution in [0.5, 0.6) is 0 Å². The predicted molar refractivity (Wildman–Crippen MR) is 47.1 cm³/mol. The molecule has 2 heteroatoms. The molecule has 0 amide bonds. The summed E-state index contributed by atoms with van der Waals surface area (Å²) in [5.74, 6) is 0.728. The summed E-state index contributed by atoms with van der Waals surface area (Å²) in [6, 6.07) is 1.18. The van der Waals surface area contributed by atoms with Crippen LogP contribution in [0, 0.1) is 5.92 Å². The number of piperidine rings is 1. The van der Waals surface area contributed by atoms with Crippen molar-refractivity contribution in [2.45, 2.75) is 38.8 Å². The lowest BCUT2D eigenvalue weighted by atomic mass is 9.91. The van der Waals surface area contributed by atoms with Gasteiger partial charge in [-0.25, -0.2) is 0 Å². The third-order valence-electron chi connectivity index (χ3n) is 2.78. The van der Waals surface area contributed by atoms with Crippen molar-refractivity contribution in [3.8, 4) is 0 Å². The van der Waals surface area contributed by atoms with Gasteiger partial charge in [0.05, 0.1) is 0 Å². The molecule has 2 rings (SSSR count). The Morgan fingerprint density at radius 3 is 3.00 bits per heavy atom. The first-order valence-corrected chi connectivity index (χ1v) is 4.58. The van der Waals surface area contributed by atoms with Crippen molar-refractivity contribution in [3.05, 3.63) is 0 Å². The van der Waals surface area contributed by atoms with Gasteiger partial charge in [0.1, 0.15) is 0 Å². The van der Waals surface area contributed by atoms with Crippen molar-refractivity contribution in [3.63, 3.8) is 0 Å². The standard InChI is InChI=1S/C9H16N2/c1-6-3-4-10-8-5-7(2)11-9(6)8/h6-8,10H,3-5H2,1-2H3. The molecule has 11 heavy (non-hydrogen) atoms. The molecular weight excluding hydrogens is 136 g/mol. The van der Waals surface area contributed by atoms with Gasteiger partial charge in [0, 0.05) is 17.8 Å². The van der Waals surface area contributed by atoms with E-state index in [0.717, 1.165) is 5.92 Å². The number of hydrogen-bond donors (Lipinski definition) is 1. The average Bonchev–Trinajstić information content (AvgIpc) is 2.31. The van der Waals surface area contributed by atoms with E-state index >= 15 is 0 Å². The summed E-state index contributed by atoms with van der Waals surface area (Å²) >= 11 is 0. The van der Waals surface area contributed by atoms with Gasteiger partial charge >= 0.3 is 0 Å². The summed E-state index contributed by atoms with van der Waals surface area (Å²) < 4.78 is 0. The number of rotatable bonds is 0. The van der Waals surface area contributed by atoms with Crippen LogP contribution in [-0.4, -0.2) is 24.3 Å². The summed E-state index contributed by atoms with van der Waals surface area (Å²) in [7, 11) is 0. The first kappa shape index (κ1) is 7.29. The monoisotopic (exact) mass is 152 g/mol. The smallest absolute Gasteiger partial charge is 0.0490 e. The lowest BCUT2D eigenvalue weighted by molar-refractivity contribution is 0.489. The predicted octanol–water partition coefficient (Wildman–Crippen LogP) is 1.22. The second-order valence-electron chi connectivity index (χ2n) is 3.84. The number of hydrogen-bond acceptors (Lipinski definition) is 2. The quantitative estimate of drug-likeness (QED) is 0.554. The fraction of sp³-hybridized carbons (Fsp3) is 0.889. The van der Waals surface area contributed by atoms with Gasteiger partial charge in [0.15, 0.2) is 0 Å². The number of fused-ring (bicyclic) bond motifs is 1. The highest BCUT2D eigenvalue weighted by Gasteiger charge is 2.31. The maximum atomic E-state index is 4.65. The van der Waals surface area contributed by atoms with Crippen LogP contribution in [0.15, 0.2) is 4.99 Å². The average molecular weight is 152 g/mol. The van der Waals surface area contributed by atoms with Crippen LogP contribution in [0.1, 0.15) is 26.7 Å². The molecule has 1 fully saturated rings. The van der Waals surface area contributed by atoms with Gasteiger partial charge in [-0.1, -0.05) is 6.92 Å². The van der Waals surface area contributed by atoms with Gasteiger partial charge in [-0.15, -0.1) is 0 Å². The highest BCUT2D eigenvalue weighted by Crippen LogP contribution is 2.23. The Morgan fingerprint density at radius 1 is 1.45 bits per heavy atom. The van der Waals surface area contributed by atoms with E-state index in [9.17, 15) is 0 Å². The molecule has 0 bridgehead atoms. The molecule has 3 unspecified atom stereocenters. The first-order valence-electron chi connectivity index (χ1n) is 4.58. The molecule has 2 aliphatic rings. The zero-order valence-corrected chi connectivity index (χ0v) is 7.30. The number of nitrogens with zero attached hydrogens (tertiary/aromatic N) is 1. The molecule has 2 nitrogen and oxygen atoms in total. The second kappa shape index (κ2) is 2.59. The molecule has 2 heterocycles. The molecule has 0 spiro atoms. The van der Waals surface area contributed by atoms with Crippen molar-refractivity contribution >= 4 is 5.71 Å². The Hall–Kier alpha value is -0.370. The van der Waals surface area contributed by atoms with E-state index in [0.29, 0.717) is 12.1 Å². The minimum Gasteiger partial charge on any atom is -0.309 e. The fourth-order valence-electron chi connectivity index (χ4n) is 2.14. The molecule has 1 N–H and O–H groups in total. The van der Waals surface area contributed by atoms with E-state index in [1.54, 1.807) is 0 Å². The molecule has 0 radical (unpaired) electrons. The number of nitrogens with one attached hydrogen (secondary N) is 1. The molecule has 0 aromatic rings. The molecule has 0 saturated carbocycles. The summed E-state index contributed by atoms with van der Waals surface area (Å²) in [6.07, 6.45) is 2.49. The molecule has 3 atom stereocenters. The molecule has 1 saturated heterocycles. The molecule has 62 valence electrons. The zero-order valence-electron chi connectivity index (χ0n) is 7.30. The Bertz CT molecular complexity index is 186. The van der Waals surface area contributed by atoms with E-state index in [1.165, 1.54) is 25.1 Å². The highest BCUT2D eigenvalue weighted by molar-refractivity contribution is 5.93. The highest BCUT2D eigenvalue weighted by atomic mass is 15.0. The van der Waals surface area contributed by atoms with E-state index < -0.39 is 0 Å². The summed E-state index contributed by atoms with van der Waals surface area (Å²) in [5.41, 5.74) is 1.43. The minimum absolute atomic E-state index is 0.558. The van der Waals surface area contributed by atoms with Crippen LogP contribution in [0.3, 0.4) is 0 Å². The van der Waals surface area contributed by atoms with E-state index in [2.05, 4.69) is 24.2 Å². The fourth-order valence-corrected chi connectivity index (χ4v) is 2.14. The lowest BCUT2D eigenvalue weighted by Crippen LogP contribution is -2.43. The molecule has 0 aromatic carbocycles. The van der Waals surface area contributed by atoms with Crippen LogP contribution < -0.4 is 5.32 Å². The minimum atomic E-state index is 0.558. The van der Waals surface area contributed by atoms with E-state index in [4.69, 9.17) is 0 Å². The van der Waals surface area contributed by atoms with Gasteiger partial charge in [-0.3, -0.25) is 4.99 Å². The second-order valence-corrected chi connectivity index (χ2v) is 3.84. The Morgan fingerprint density at radius 2 is 2.27 bits per heavy atom. The largest absolute Gasteiger partial charge is 0.309 e. The Labute approximate surface area is 68.1 Å². The van der Waals surface area contributed by atoms with Gasteiger partial charge < -0.3 is 5.32 Å². The normalized spacial score (nSPS) is 43.5. The van der Waals surface area contributed by atoms with Crippen molar-refractivity contribution in [1.29, 1.82) is 0 Å². The Kier molecular flexibility index (Phi) is 1.72. The first-order chi connectivity index (χ1) is 5.27. The third kappa shape index (κ3) is 1.20. The van der Waals surface area contributed by atoms with E-state index in [1.807, 2.05) is 0 Å². The van der Waals surface area contributed by atoms with Crippen LogP contribution in [0.25, 0.3) is 0 Å². The van der Waals surface area contributed by atoms with Gasteiger partial charge in [-0.05, 0) is 32.2 Å². The van der Waals surface area contributed by atoms with Crippen molar-refractivity contribution in [2.24, 2.45) is 10.9 Å². The summed E-state index contributed by atoms with van der Waals surface area (Å²) in [6.45, 7) is 5.68. The van der Waals surface area contributed by atoms with Crippen LogP contribution in [-0.2, 0) is 0 Å². The SMILES string of the molecule is CC1CC2NCCC(C)C2=N1. The number of aliphatic imine (C=N–C) groups is 1. The maximum absolute atomic E-state index is 4.65. The van der Waals surface area contributed by atoms with Gasteiger partial charge in [0.2, 0.25) is 0 Å². The van der Waals surface area contributed by atoms with Gasteiger partial charge in [0.25, 0.3) is 0 Å². The zero-order chi connectivity index (χ0) is 7.84. The van der Waals surface area contributed by atoms with Crippen LogP contribution in [0.2, 0.25) is 0 Å². The topological polar surface area (TPSA) is 24.4 Å². The molecule has 2 aliphatic heterocycles.